The van der Waals surface area contributed by atoms with Gasteiger partial charge in [0.05, 0.1) is 7.11 Å². The predicted molar refractivity (Wildman–Crippen MR) is 103 cm³/mol. The molecular formula is C18H20N2O6S2. The van der Waals surface area contributed by atoms with Crippen LogP contribution in [0.3, 0.4) is 0 Å². The Morgan fingerprint density at radius 2 is 1.96 bits per heavy atom. The van der Waals surface area contributed by atoms with Gasteiger partial charge in [-0.1, -0.05) is 6.07 Å². The molecule has 1 amide bonds. The van der Waals surface area contributed by atoms with Crippen LogP contribution >= 0.6 is 11.3 Å². The normalized spacial score (nSPS) is 20.5. The third-order valence-corrected chi connectivity index (χ3v) is 7.87. The Labute approximate surface area is 166 Å². The van der Waals surface area contributed by atoms with Crippen LogP contribution in [-0.2, 0) is 14.8 Å². The number of piperidine rings is 1. The highest BCUT2D eigenvalue weighted by Gasteiger charge is 2.41. The van der Waals surface area contributed by atoms with Gasteiger partial charge in [0, 0.05) is 18.2 Å². The number of nitrogens with one attached hydrogen (secondary N) is 1. The van der Waals surface area contributed by atoms with Crippen LogP contribution in [0.15, 0.2) is 46.0 Å². The van der Waals surface area contributed by atoms with Gasteiger partial charge in [0.15, 0.2) is 0 Å². The molecule has 2 atom stereocenters. The molecule has 8 nitrogen and oxygen atoms in total. The van der Waals surface area contributed by atoms with Crippen molar-refractivity contribution in [3.05, 3.63) is 47.3 Å². The highest BCUT2D eigenvalue weighted by Crippen LogP contribution is 2.28. The molecule has 1 fully saturated rings. The summed E-state index contributed by atoms with van der Waals surface area (Å²) in [5, 5.41) is 14.0. The van der Waals surface area contributed by atoms with Gasteiger partial charge in [-0.3, -0.25) is 9.59 Å². The van der Waals surface area contributed by atoms with Gasteiger partial charge >= 0.3 is 5.97 Å². The first-order valence-corrected chi connectivity index (χ1v) is 10.9. The van der Waals surface area contributed by atoms with Gasteiger partial charge in [-0.2, -0.15) is 4.31 Å². The van der Waals surface area contributed by atoms with E-state index in [9.17, 15) is 23.1 Å². The van der Waals surface area contributed by atoms with Gasteiger partial charge in [-0.05, 0) is 48.6 Å². The molecule has 1 aliphatic heterocycles. The van der Waals surface area contributed by atoms with E-state index in [1.165, 1.54) is 13.2 Å². The molecule has 0 spiro atoms. The Kier molecular flexibility index (Phi) is 6.01. The van der Waals surface area contributed by atoms with Crippen molar-refractivity contribution in [3.8, 4) is 5.75 Å². The summed E-state index contributed by atoms with van der Waals surface area (Å²) < 4.78 is 31.7. The van der Waals surface area contributed by atoms with Crippen molar-refractivity contribution in [3.63, 3.8) is 0 Å². The minimum absolute atomic E-state index is 0.00182. The van der Waals surface area contributed by atoms with Crippen molar-refractivity contribution in [2.24, 2.45) is 0 Å². The fourth-order valence-electron chi connectivity index (χ4n) is 3.12. The lowest BCUT2D eigenvalue weighted by Gasteiger charge is -2.36. The SMILES string of the molecule is COc1ccc(C(=O)N[C@@H]2CCN(S(=O)(=O)c3cccs3)[C@@H](C(=O)O)C2)cc1. The van der Waals surface area contributed by atoms with Crippen molar-refractivity contribution in [2.45, 2.75) is 29.1 Å². The summed E-state index contributed by atoms with van der Waals surface area (Å²) >= 11 is 1.05. The van der Waals surface area contributed by atoms with Crippen LogP contribution in [0.2, 0.25) is 0 Å². The van der Waals surface area contributed by atoms with E-state index in [0.717, 1.165) is 15.6 Å². The third kappa shape index (κ3) is 4.18. The molecule has 0 bridgehead atoms. The van der Waals surface area contributed by atoms with E-state index in [-0.39, 0.29) is 23.1 Å². The van der Waals surface area contributed by atoms with E-state index in [2.05, 4.69) is 5.32 Å². The number of hydrogen-bond donors (Lipinski definition) is 2. The Morgan fingerprint density at radius 1 is 1.25 bits per heavy atom. The molecule has 1 aliphatic rings. The molecule has 0 radical (unpaired) electrons. The second-order valence-corrected chi connectivity index (χ2v) is 9.39. The number of carbonyl (C=O) groups excluding carboxylic acids is 1. The largest absolute Gasteiger partial charge is 0.497 e. The number of carboxylic acid groups (broad SMARTS) is 1. The number of amides is 1. The lowest BCUT2D eigenvalue weighted by molar-refractivity contribution is -0.142. The quantitative estimate of drug-likeness (QED) is 0.731. The molecule has 0 aliphatic carbocycles. The second kappa shape index (κ2) is 8.29. The molecule has 1 aromatic carbocycles. The van der Waals surface area contributed by atoms with Crippen molar-refractivity contribution in [1.29, 1.82) is 0 Å². The van der Waals surface area contributed by atoms with Crippen LogP contribution in [0, 0.1) is 0 Å². The summed E-state index contributed by atoms with van der Waals surface area (Å²) in [6.45, 7) is 0.0186. The molecule has 3 rings (SSSR count). The Hall–Kier alpha value is -2.43. The van der Waals surface area contributed by atoms with Crippen LogP contribution in [0.1, 0.15) is 23.2 Å². The molecule has 2 N–H and O–H groups in total. The van der Waals surface area contributed by atoms with Crippen molar-refractivity contribution in [1.82, 2.24) is 9.62 Å². The Bertz CT molecular complexity index is 941. The van der Waals surface area contributed by atoms with Gasteiger partial charge in [-0.15, -0.1) is 11.3 Å². The summed E-state index contributed by atoms with van der Waals surface area (Å²) in [5.41, 5.74) is 0.418. The first kappa shape index (κ1) is 20.3. The second-order valence-electron chi connectivity index (χ2n) is 6.33. The van der Waals surface area contributed by atoms with E-state index in [1.54, 1.807) is 35.7 Å². The van der Waals surface area contributed by atoms with Gasteiger partial charge in [0.25, 0.3) is 15.9 Å². The van der Waals surface area contributed by atoms with Gasteiger partial charge in [0.1, 0.15) is 16.0 Å². The fourth-order valence-corrected chi connectivity index (χ4v) is 5.85. The monoisotopic (exact) mass is 424 g/mol. The number of nitrogens with zero attached hydrogens (tertiary/aromatic N) is 1. The molecule has 2 heterocycles. The molecule has 150 valence electrons. The van der Waals surface area contributed by atoms with Gasteiger partial charge in [-0.25, -0.2) is 8.42 Å². The lowest BCUT2D eigenvalue weighted by Crippen LogP contribution is -2.54. The van der Waals surface area contributed by atoms with E-state index < -0.39 is 28.1 Å². The molecule has 1 aromatic heterocycles. The maximum atomic E-state index is 12.7. The summed E-state index contributed by atoms with van der Waals surface area (Å²) in [7, 11) is -2.35. The topological polar surface area (TPSA) is 113 Å². The van der Waals surface area contributed by atoms with Crippen molar-refractivity contribution < 1.29 is 27.9 Å². The number of carboxylic acids is 1. The summed E-state index contributed by atoms with van der Waals surface area (Å²) in [4.78, 5) is 24.1. The number of carbonyl (C=O) groups is 2. The maximum absolute atomic E-state index is 12.7. The zero-order valence-corrected chi connectivity index (χ0v) is 16.7. The summed E-state index contributed by atoms with van der Waals surface area (Å²) in [5.74, 6) is -0.954. The zero-order valence-electron chi connectivity index (χ0n) is 15.1. The third-order valence-electron chi connectivity index (χ3n) is 4.58. The zero-order chi connectivity index (χ0) is 20.3. The van der Waals surface area contributed by atoms with Crippen LogP contribution in [-0.4, -0.2) is 55.4 Å². The smallest absolute Gasteiger partial charge is 0.322 e. The maximum Gasteiger partial charge on any atom is 0.322 e. The van der Waals surface area contributed by atoms with Gasteiger partial charge < -0.3 is 15.2 Å². The van der Waals surface area contributed by atoms with Crippen LogP contribution in [0.4, 0.5) is 0 Å². The van der Waals surface area contributed by atoms with Crippen molar-refractivity contribution >= 4 is 33.2 Å². The van der Waals surface area contributed by atoms with Gasteiger partial charge in [0.2, 0.25) is 0 Å². The van der Waals surface area contributed by atoms with Crippen LogP contribution in [0.5, 0.6) is 5.75 Å². The number of hydrogen-bond acceptors (Lipinski definition) is 6. The van der Waals surface area contributed by atoms with E-state index in [0.29, 0.717) is 17.7 Å². The van der Waals surface area contributed by atoms with E-state index in [4.69, 9.17) is 4.74 Å². The van der Waals surface area contributed by atoms with Crippen LogP contribution in [0.25, 0.3) is 0 Å². The Morgan fingerprint density at radius 3 is 2.54 bits per heavy atom. The average Bonchev–Trinajstić information content (AvgIpc) is 3.23. The number of methoxy groups -OCH3 is 1. The molecule has 0 saturated carbocycles. The number of sulfonamides is 1. The molecule has 0 unspecified atom stereocenters. The number of ether oxygens (including phenoxy) is 1. The van der Waals surface area contributed by atoms with Crippen LogP contribution < -0.4 is 10.1 Å². The number of aliphatic carboxylic acids is 1. The van der Waals surface area contributed by atoms with Crippen molar-refractivity contribution in [2.75, 3.05) is 13.7 Å². The number of rotatable bonds is 6. The number of benzene rings is 1. The number of thiophene rings is 1. The molecule has 1 saturated heterocycles. The molecule has 10 heteroatoms. The first-order chi connectivity index (χ1) is 13.3. The molecule has 2 aromatic rings. The first-order valence-electron chi connectivity index (χ1n) is 8.56. The highest BCUT2D eigenvalue weighted by molar-refractivity contribution is 7.91. The predicted octanol–water partition coefficient (Wildman–Crippen LogP) is 1.79. The van der Waals surface area contributed by atoms with E-state index >= 15 is 0 Å². The fraction of sp³-hybridized carbons (Fsp3) is 0.333. The molecule has 28 heavy (non-hydrogen) atoms. The van der Waals surface area contributed by atoms with E-state index in [1.807, 2.05) is 0 Å². The highest BCUT2D eigenvalue weighted by atomic mass is 32.2. The summed E-state index contributed by atoms with van der Waals surface area (Å²) in [6, 6.07) is 7.92. The molecular weight excluding hydrogens is 404 g/mol. The average molecular weight is 425 g/mol. The minimum atomic E-state index is -3.88. The minimum Gasteiger partial charge on any atom is -0.497 e. The standard InChI is InChI=1S/C18H20N2O6S2/c1-26-14-6-4-12(5-7-14)17(21)19-13-8-9-20(15(11-13)18(22)23)28(24,25)16-3-2-10-27-16/h2-7,10,13,15H,8-9,11H2,1H3,(H,19,21)(H,22,23)/t13-,15-/m1/s1. The lowest BCUT2D eigenvalue weighted by atomic mass is 9.99. The summed E-state index contributed by atoms with van der Waals surface area (Å²) in [6.07, 6.45) is 0.331. The Balaban J connectivity index is 1.72.